The van der Waals surface area contributed by atoms with Gasteiger partial charge in [-0.1, -0.05) is 79.8 Å². The van der Waals surface area contributed by atoms with E-state index in [0.717, 1.165) is 21.7 Å². The van der Waals surface area contributed by atoms with Gasteiger partial charge in [-0.05, 0) is 36.0 Å². The highest BCUT2D eigenvalue weighted by molar-refractivity contribution is 7.13. The number of ether oxygens (including phenoxy) is 6. The van der Waals surface area contributed by atoms with E-state index in [9.17, 15) is 29.1 Å². The number of aryl methyl sites for hydroxylation is 1. The number of halogens is 3. The van der Waals surface area contributed by atoms with Crippen LogP contribution in [-0.2, 0) is 54.1 Å². The number of hydrogen-bond donors (Lipinski definition) is 6. The van der Waals surface area contributed by atoms with Crippen LogP contribution < -0.4 is 26.6 Å². The predicted molar refractivity (Wildman–Crippen MR) is 267 cm³/mol. The lowest BCUT2D eigenvalue weighted by atomic mass is 9.85. The van der Waals surface area contributed by atoms with Crippen molar-refractivity contribution in [1.82, 2.24) is 41.1 Å². The van der Waals surface area contributed by atoms with Gasteiger partial charge in [-0.25, -0.2) is 19.7 Å². The maximum Gasteiger partial charge on any atom is 0.408 e. The fourth-order valence-electron chi connectivity index (χ4n) is 6.74. The molecule has 1 aromatic carbocycles. The van der Waals surface area contributed by atoms with Crippen molar-refractivity contribution in [2.75, 3.05) is 91.1 Å². The summed E-state index contributed by atoms with van der Waals surface area (Å²) in [7, 11) is 0. The van der Waals surface area contributed by atoms with Crippen LogP contribution in [0, 0.1) is 12.3 Å². The van der Waals surface area contributed by atoms with Crippen molar-refractivity contribution in [1.29, 1.82) is 0 Å². The van der Waals surface area contributed by atoms with Crippen molar-refractivity contribution in [3.63, 3.8) is 0 Å². The van der Waals surface area contributed by atoms with E-state index in [0.29, 0.717) is 46.1 Å². The van der Waals surface area contributed by atoms with Gasteiger partial charge in [0.25, 0.3) is 0 Å². The number of alkyl halides is 3. The van der Waals surface area contributed by atoms with Crippen molar-refractivity contribution in [2.24, 2.45) is 5.41 Å². The first-order valence-electron chi connectivity index (χ1n) is 23.2. The van der Waals surface area contributed by atoms with E-state index in [1.807, 2.05) is 52.0 Å². The van der Waals surface area contributed by atoms with Gasteiger partial charge in [0.1, 0.15) is 12.1 Å². The van der Waals surface area contributed by atoms with Gasteiger partial charge < -0.3 is 59.7 Å². The lowest BCUT2D eigenvalue weighted by Gasteiger charge is -2.35. The molecule has 1 unspecified atom stereocenters. The number of nitrogens with one attached hydrogen (secondary N) is 5. The number of hydrogen-bond acceptors (Lipinski definition) is 17. The first kappa shape index (κ1) is 59.1. The summed E-state index contributed by atoms with van der Waals surface area (Å²) in [5.74, 6) is -1.28. The summed E-state index contributed by atoms with van der Waals surface area (Å²) < 4.78 is 30.7. The number of nitrogens with zero attached hydrogens (tertiary/aromatic N) is 4. The normalized spacial score (nSPS) is 15.7. The molecule has 2 aromatic heterocycles. The first-order chi connectivity index (χ1) is 33.9. The average molecular weight is 1080 g/mol. The largest absolute Gasteiger partial charge is 0.449 e. The van der Waals surface area contributed by atoms with Crippen molar-refractivity contribution < 1.29 is 57.5 Å². The Balaban J connectivity index is 0.953. The van der Waals surface area contributed by atoms with Crippen LogP contribution in [0.4, 0.5) is 10.7 Å². The Morgan fingerprint density at radius 1 is 0.789 bits per heavy atom. The second kappa shape index (κ2) is 31.2. The fourth-order valence-corrected chi connectivity index (χ4v) is 7.88. The Labute approximate surface area is 433 Å². The number of alkyl carbamates (subject to hydrolysis) is 1. The molecule has 25 heteroatoms. The van der Waals surface area contributed by atoms with Gasteiger partial charge >= 0.3 is 6.09 Å². The van der Waals surface area contributed by atoms with Crippen LogP contribution in [0.2, 0.25) is 0 Å². The summed E-state index contributed by atoms with van der Waals surface area (Å²) >= 11 is 19.4. The number of aliphatic hydroxyl groups excluding tert-OH is 1. The van der Waals surface area contributed by atoms with Crippen molar-refractivity contribution in [2.45, 2.75) is 88.1 Å². The zero-order valence-corrected chi connectivity index (χ0v) is 43.5. The molecule has 394 valence electrons. The number of anilines is 1. The van der Waals surface area contributed by atoms with Gasteiger partial charge in [-0.15, -0.1) is 11.3 Å². The molecule has 4 atom stereocenters. The quantitative estimate of drug-likeness (QED) is 0.0303. The average Bonchev–Trinajstić information content (AvgIpc) is 3.95. The van der Waals surface area contributed by atoms with Crippen molar-refractivity contribution >= 4 is 81.8 Å². The zero-order valence-electron chi connectivity index (χ0n) is 40.4. The van der Waals surface area contributed by atoms with Gasteiger partial charge in [-0.2, -0.15) is 0 Å². The lowest BCUT2D eigenvalue weighted by Crippen LogP contribution is -2.57. The second-order valence-electron chi connectivity index (χ2n) is 17.2. The van der Waals surface area contributed by atoms with Crippen LogP contribution in [0.5, 0.6) is 0 Å². The van der Waals surface area contributed by atoms with Crippen LogP contribution in [0.1, 0.15) is 57.7 Å². The summed E-state index contributed by atoms with van der Waals surface area (Å²) in [6, 6.07) is 7.61. The van der Waals surface area contributed by atoms with Gasteiger partial charge in [0.05, 0.1) is 94.9 Å². The minimum Gasteiger partial charge on any atom is -0.449 e. The van der Waals surface area contributed by atoms with E-state index in [-0.39, 0.29) is 95.6 Å². The van der Waals surface area contributed by atoms with Crippen molar-refractivity contribution in [3.8, 4) is 10.4 Å². The third-order valence-electron chi connectivity index (χ3n) is 10.5. The summed E-state index contributed by atoms with van der Waals surface area (Å²) in [4.78, 5) is 79.2. The van der Waals surface area contributed by atoms with Crippen LogP contribution in [0.3, 0.4) is 0 Å². The monoisotopic (exact) mass is 1070 g/mol. The predicted octanol–water partition coefficient (Wildman–Crippen LogP) is 3.92. The number of rotatable bonds is 31. The maximum atomic E-state index is 13.9. The van der Waals surface area contributed by atoms with Crippen LogP contribution >= 0.6 is 46.1 Å². The standard InChI is InChI=1S/C46H66Cl3N9O12S/c1-31-38(71-30-54-31)33-9-7-32(8-10-33)28-53-40(62)35-27-34(59)29-58(35)41(63)39(45(2,3)4)55-37(61)12-18-66-20-22-68-24-26-69-25-23-67-21-19-65-17-11-36(60)50-15-6-16-70-44(64)57-42(46(47,48)49)56-43-51-13-5-14-52-43/h5,7-10,13-14,30,34-35,39,42,59H,6,11-12,15-29H2,1-4H3,(H,50,60)(H,53,62)(H,55,61)(H,57,64)(H,51,52,56)/t34-,35+,39-,42?/m1/s1. The van der Waals surface area contributed by atoms with E-state index in [4.69, 9.17) is 63.2 Å². The molecular weight excluding hydrogens is 1010 g/mol. The summed E-state index contributed by atoms with van der Waals surface area (Å²) in [5, 5.41) is 24.1. The highest BCUT2D eigenvalue weighted by Crippen LogP contribution is 2.31. The van der Waals surface area contributed by atoms with Crippen LogP contribution in [0.25, 0.3) is 10.4 Å². The molecule has 3 heterocycles. The summed E-state index contributed by atoms with van der Waals surface area (Å²) in [6.45, 7) is 10.8. The molecule has 0 bridgehead atoms. The van der Waals surface area contributed by atoms with E-state index < -0.39 is 45.6 Å². The first-order valence-corrected chi connectivity index (χ1v) is 25.2. The molecule has 1 aliphatic rings. The summed E-state index contributed by atoms with van der Waals surface area (Å²) in [5.41, 5.74) is 4.00. The molecule has 4 rings (SSSR count). The smallest absolute Gasteiger partial charge is 0.408 e. The molecule has 1 fully saturated rings. The minimum atomic E-state index is -1.93. The number of likely N-dealkylation sites (tertiary alicyclic amines) is 1. The fraction of sp³-hybridized carbons (Fsp3) is 0.609. The Kier molecular flexibility index (Phi) is 25.9. The number of aliphatic hydroxyl groups is 1. The Morgan fingerprint density at radius 3 is 1.92 bits per heavy atom. The van der Waals surface area contributed by atoms with Gasteiger partial charge in [0, 0.05) is 51.3 Å². The molecule has 6 N–H and O–H groups in total. The molecule has 1 aliphatic heterocycles. The lowest BCUT2D eigenvalue weighted by molar-refractivity contribution is -0.144. The third kappa shape index (κ3) is 22.4. The number of thiazole rings is 1. The topological polar surface area (TPSA) is 263 Å². The van der Waals surface area contributed by atoms with Crippen molar-refractivity contribution in [3.05, 3.63) is 59.5 Å². The van der Waals surface area contributed by atoms with Crippen LogP contribution in [-0.4, -0.2) is 169 Å². The van der Waals surface area contributed by atoms with E-state index in [1.54, 1.807) is 22.9 Å². The highest BCUT2D eigenvalue weighted by atomic mass is 35.6. The molecule has 0 saturated carbocycles. The molecular formula is C46H66Cl3N9O12S. The van der Waals surface area contributed by atoms with Gasteiger partial charge in [0.15, 0.2) is 6.17 Å². The molecule has 1 saturated heterocycles. The SMILES string of the molecule is Cc1ncsc1-c1ccc(CNC(=O)[C@@H]2C[C@@H](O)CN2C(=O)[C@@H](NC(=O)CCOCCOCCOCCOCCOCCC(=O)NCCCOC(=O)NC(Nc2ncccn2)C(Cl)(Cl)Cl)C(C)(C)C)cc1. The maximum absolute atomic E-state index is 13.9. The summed E-state index contributed by atoms with van der Waals surface area (Å²) in [6.07, 6.45) is 0.665. The molecule has 0 aliphatic carbocycles. The number of amides is 5. The Bertz CT molecular complexity index is 2080. The number of β-amino-alcohol motifs (C(OH)–C–C–N with tert-alkyl or cyclic N) is 1. The molecule has 0 spiro atoms. The van der Waals surface area contributed by atoms with E-state index in [1.165, 1.54) is 17.3 Å². The number of carbonyl (C=O) groups excluding carboxylic acids is 5. The molecule has 0 radical (unpaired) electrons. The number of benzene rings is 1. The Morgan fingerprint density at radius 2 is 1.37 bits per heavy atom. The highest BCUT2D eigenvalue weighted by Gasteiger charge is 2.44. The van der Waals surface area contributed by atoms with E-state index in [2.05, 4.69) is 41.5 Å². The number of carbonyl (C=O) groups is 5. The molecule has 71 heavy (non-hydrogen) atoms. The molecule has 3 aromatic rings. The van der Waals surface area contributed by atoms with Crippen LogP contribution in [0.15, 0.2) is 48.2 Å². The Hall–Kier alpha value is -4.49. The minimum absolute atomic E-state index is 0.00392. The third-order valence-corrected chi connectivity index (χ3v) is 12.1. The zero-order chi connectivity index (χ0) is 51.7. The van der Waals surface area contributed by atoms with E-state index >= 15 is 0 Å². The molecule has 21 nitrogen and oxygen atoms in total. The van der Waals surface area contributed by atoms with Gasteiger partial charge in [-0.3, -0.25) is 24.5 Å². The second-order valence-corrected chi connectivity index (χ2v) is 20.4. The van der Waals surface area contributed by atoms with Gasteiger partial charge in [0.2, 0.25) is 33.4 Å². The number of aromatic nitrogens is 3. The molecule has 5 amide bonds.